The monoisotopic (exact) mass is 392 g/mol. The van der Waals surface area contributed by atoms with Gasteiger partial charge in [-0.25, -0.2) is 0 Å². The van der Waals surface area contributed by atoms with Gasteiger partial charge in [0.1, 0.15) is 12.1 Å². The maximum atomic E-state index is 13.4. The number of carbonyl (C=O) groups is 2. The van der Waals surface area contributed by atoms with Crippen molar-refractivity contribution in [3.63, 3.8) is 0 Å². The molecular formula is C23H28N4O2. The highest BCUT2D eigenvalue weighted by molar-refractivity contribution is 5.99. The van der Waals surface area contributed by atoms with Crippen molar-refractivity contribution in [1.29, 1.82) is 0 Å². The number of rotatable bonds is 4. The standard InChI is InChI=1S/C23H28N4O2/c1-17-8-9-19(14-18(17)2)25-21(28)15-26-16-27(20-6-4-3-5-7-20)23(22(26)29)10-12-24-13-11-23/h3-9,14,24H,10-13,15-16H2,1-2H3,(H,25,28). The van der Waals surface area contributed by atoms with Crippen molar-refractivity contribution in [2.24, 2.45) is 0 Å². The summed E-state index contributed by atoms with van der Waals surface area (Å²) < 4.78 is 0. The molecule has 2 N–H and O–H groups in total. The van der Waals surface area contributed by atoms with Gasteiger partial charge in [0.2, 0.25) is 11.8 Å². The van der Waals surface area contributed by atoms with Crippen LogP contribution in [-0.2, 0) is 9.59 Å². The molecule has 2 aromatic carbocycles. The molecule has 0 aromatic heterocycles. The van der Waals surface area contributed by atoms with Crippen molar-refractivity contribution < 1.29 is 9.59 Å². The van der Waals surface area contributed by atoms with Gasteiger partial charge in [0.15, 0.2) is 0 Å². The summed E-state index contributed by atoms with van der Waals surface area (Å²) in [5.74, 6) is -0.112. The minimum Gasteiger partial charge on any atom is -0.339 e. The van der Waals surface area contributed by atoms with Crippen LogP contribution in [0.1, 0.15) is 24.0 Å². The molecule has 2 aliphatic rings. The van der Waals surface area contributed by atoms with E-state index in [2.05, 4.69) is 15.5 Å². The van der Waals surface area contributed by atoms with Crippen LogP contribution in [0.5, 0.6) is 0 Å². The highest BCUT2D eigenvalue weighted by Crippen LogP contribution is 2.37. The molecule has 0 bridgehead atoms. The Bertz CT molecular complexity index is 906. The summed E-state index contributed by atoms with van der Waals surface area (Å²) in [4.78, 5) is 30.0. The van der Waals surface area contributed by atoms with Crippen LogP contribution < -0.4 is 15.5 Å². The number of hydrogen-bond donors (Lipinski definition) is 2. The molecule has 2 saturated heterocycles. The quantitative estimate of drug-likeness (QED) is 0.840. The van der Waals surface area contributed by atoms with E-state index in [0.29, 0.717) is 6.67 Å². The molecule has 0 radical (unpaired) electrons. The summed E-state index contributed by atoms with van der Waals surface area (Å²) in [5, 5.41) is 6.29. The van der Waals surface area contributed by atoms with Crippen LogP contribution in [-0.4, -0.2) is 48.6 Å². The van der Waals surface area contributed by atoms with Crippen molar-refractivity contribution in [1.82, 2.24) is 10.2 Å². The Morgan fingerprint density at radius 1 is 1.07 bits per heavy atom. The number of anilines is 2. The SMILES string of the molecule is Cc1ccc(NC(=O)CN2CN(c3ccccc3)C3(CCNCC3)C2=O)cc1C. The molecule has 2 heterocycles. The van der Waals surface area contributed by atoms with Crippen LogP contribution in [0.25, 0.3) is 0 Å². The fourth-order valence-corrected chi connectivity index (χ4v) is 4.36. The van der Waals surface area contributed by atoms with E-state index in [1.54, 1.807) is 4.90 Å². The summed E-state index contributed by atoms with van der Waals surface area (Å²) in [6.07, 6.45) is 1.49. The Balaban J connectivity index is 1.52. The summed E-state index contributed by atoms with van der Waals surface area (Å²) in [6.45, 7) is 6.16. The van der Waals surface area contributed by atoms with Gasteiger partial charge in [-0.15, -0.1) is 0 Å². The first-order chi connectivity index (χ1) is 14.0. The van der Waals surface area contributed by atoms with Gasteiger partial charge in [-0.3, -0.25) is 9.59 Å². The van der Waals surface area contributed by atoms with Gasteiger partial charge in [0.05, 0.1) is 6.67 Å². The molecule has 0 unspecified atom stereocenters. The number of hydrogen-bond acceptors (Lipinski definition) is 4. The van der Waals surface area contributed by atoms with E-state index in [4.69, 9.17) is 0 Å². The number of nitrogens with one attached hydrogen (secondary N) is 2. The Morgan fingerprint density at radius 2 is 1.79 bits per heavy atom. The molecule has 2 fully saturated rings. The third kappa shape index (κ3) is 3.72. The molecule has 2 aliphatic heterocycles. The van der Waals surface area contributed by atoms with Crippen LogP contribution >= 0.6 is 0 Å². The van der Waals surface area contributed by atoms with E-state index >= 15 is 0 Å². The Morgan fingerprint density at radius 3 is 2.48 bits per heavy atom. The number of carbonyl (C=O) groups excluding carboxylic acids is 2. The van der Waals surface area contributed by atoms with Crippen LogP contribution in [0.3, 0.4) is 0 Å². The molecule has 0 aliphatic carbocycles. The van der Waals surface area contributed by atoms with Gasteiger partial charge in [0.25, 0.3) is 0 Å². The number of amides is 2. The van der Waals surface area contributed by atoms with Gasteiger partial charge in [-0.05, 0) is 75.2 Å². The lowest BCUT2D eigenvalue weighted by Gasteiger charge is -2.40. The third-order valence-electron chi connectivity index (χ3n) is 6.14. The molecule has 6 heteroatoms. The smallest absolute Gasteiger partial charge is 0.250 e. The van der Waals surface area contributed by atoms with Crippen LogP contribution in [0.15, 0.2) is 48.5 Å². The first-order valence-electron chi connectivity index (χ1n) is 10.2. The summed E-state index contributed by atoms with van der Waals surface area (Å²) in [7, 11) is 0. The zero-order valence-corrected chi connectivity index (χ0v) is 17.1. The lowest BCUT2D eigenvalue weighted by molar-refractivity contribution is -0.135. The molecule has 0 saturated carbocycles. The molecule has 0 atom stereocenters. The second kappa shape index (κ2) is 7.87. The van der Waals surface area contributed by atoms with Crippen molar-refractivity contribution in [3.05, 3.63) is 59.7 Å². The van der Waals surface area contributed by atoms with Crippen molar-refractivity contribution in [3.8, 4) is 0 Å². The van der Waals surface area contributed by atoms with Crippen LogP contribution in [0, 0.1) is 13.8 Å². The number of piperidine rings is 1. The van der Waals surface area contributed by atoms with Gasteiger partial charge >= 0.3 is 0 Å². The first-order valence-corrected chi connectivity index (χ1v) is 10.2. The van der Waals surface area contributed by atoms with Gasteiger partial charge < -0.3 is 20.4 Å². The van der Waals surface area contributed by atoms with Crippen molar-refractivity contribution in [2.45, 2.75) is 32.2 Å². The van der Waals surface area contributed by atoms with Crippen molar-refractivity contribution >= 4 is 23.2 Å². The summed E-state index contributed by atoms with van der Waals surface area (Å²) in [6, 6.07) is 15.9. The maximum absolute atomic E-state index is 13.4. The lowest BCUT2D eigenvalue weighted by Crippen LogP contribution is -2.55. The fourth-order valence-electron chi connectivity index (χ4n) is 4.36. The first kappa shape index (κ1) is 19.5. The summed E-state index contributed by atoms with van der Waals surface area (Å²) >= 11 is 0. The Labute approximate surface area is 171 Å². The predicted octanol–water partition coefficient (Wildman–Crippen LogP) is 2.67. The highest BCUT2D eigenvalue weighted by Gasteiger charge is 2.53. The molecule has 4 rings (SSSR count). The summed E-state index contributed by atoms with van der Waals surface area (Å²) in [5.41, 5.74) is 3.54. The zero-order chi connectivity index (χ0) is 20.4. The van der Waals surface area contributed by atoms with E-state index in [9.17, 15) is 9.59 Å². The zero-order valence-electron chi connectivity index (χ0n) is 17.1. The molecule has 152 valence electrons. The molecule has 29 heavy (non-hydrogen) atoms. The highest BCUT2D eigenvalue weighted by atomic mass is 16.2. The second-order valence-corrected chi connectivity index (χ2v) is 8.04. The molecule has 2 amide bonds. The number of nitrogens with zero attached hydrogens (tertiary/aromatic N) is 2. The van der Waals surface area contributed by atoms with Gasteiger partial charge in [-0.1, -0.05) is 24.3 Å². The van der Waals surface area contributed by atoms with E-state index in [0.717, 1.165) is 42.9 Å². The average Bonchev–Trinajstić information content (AvgIpc) is 2.98. The molecule has 1 spiro atoms. The number of benzene rings is 2. The van der Waals surface area contributed by atoms with Gasteiger partial charge in [0, 0.05) is 11.4 Å². The Hall–Kier alpha value is -2.86. The largest absolute Gasteiger partial charge is 0.339 e. The number of para-hydroxylation sites is 1. The number of aryl methyl sites for hydroxylation is 2. The molecule has 2 aromatic rings. The average molecular weight is 393 g/mol. The second-order valence-electron chi connectivity index (χ2n) is 8.04. The van der Waals surface area contributed by atoms with Gasteiger partial charge in [-0.2, -0.15) is 0 Å². The van der Waals surface area contributed by atoms with E-state index < -0.39 is 5.54 Å². The minimum absolute atomic E-state index is 0.0538. The van der Waals surface area contributed by atoms with Crippen LogP contribution in [0.4, 0.5) is 11.4 Å². The van der Waals surface area contributed by atoms with E-state index in [-0.39, 0.29) is 18.4 Å². The van der Waals surface area contributed by atoms with E-state index in [1.807, 2.05) is 62.4 Å². The normalized spacial score (nSPS) is 18.3. The Kier molecular flexibility index (Phi) is 5.28. The minimum atomic E-state index is -0.562. The molecule has 6 nitrogen and oxygen atoms in total. The topological polar surface area (TPSA) is 64.7 Å². The van der Waals surface area contributed by atoms with Crippen molar-refractivity contribution in [2.75, 3.05) is 36.5 Å². The lowest BCUT2D eigenvalue weighted by atomic mass is 9.86. The van der Waals surface area contributed by atoms with Crippen LogP contribution in [0.2, 0.25) is 0 Å². The molecular weight excluding hydrogens is 364 g/mol. The van der Waals surface area contributed by atoms with E-state index in [1.165, 1.54) is 5.56 Å². The predicted molar refractivity (Wildman–Crippen MR) is 115 cm³/mol. The fraction of sp³-hybridized carbons (Fsp3) is 0.391. The maximum Gasteiger partial charge on any atom is 0.250 e. The third-order valence-corrected chi connectivity index (χ3v) is 6.14.